The van der Waals surface area contributed by atoms with Crippen LogP contribution >= 0.6 is 0 Å². The van der Waals surface area contributed by atoms with Crippen LogP contribution < -0.4 is 10.6 Å². The lowest BCUT2D eigenvalue weighted by Crippen LogP contribution is -2.35. The fourth-order valence-electron chi connectivity index (χ4n) is 1.56. The molecule has 1 unspecified atom stereocenters. The Labute approximate surface area is 93.3 Å². The molecule has 1 aromatic rings. The van der Waals surface area contributed by atoms with Crippen molar-refractivity contribution in [3.05, 3.63) is 29.6 Å². The molecule has 1 aliphatic heterocycles. The third-order valence-electron chi connectivity index (χ3n) is 2.49. The van der Waals surface area contributed by atoms with Crippen LogP contribution in [-0.4, -0.2) is 22.8 Å². The number of amides is 2. The topological polar surface area (TPSA) is 71.1 Å². The zero-order valence-corrected chi connectivity index (χ0v) is 8.99. The molecule has 0 bridgehead atoms. The molecule has 2 amide bonds. The van der Waals surface area contributed by atoms with Crippen molar-refractivity contribution < 1.29 is 9.59 Å². The number of pyridine rings is 1. The minimum atomic E-state index is -0.409. The summed E-state index contributed by atoms with van der Waals surface area (Å²) >= 11 is 0. The molecule has 0 aromatic carbocycles. The summed E-state index contributed by atoms with van der Waals surface area (Å²) in [6.07, 6.45) is 1.98. The molecule has 1 aliphatic rings. The van der Waals surface area contributed by atoms with Gasteiger partial charge in [-0.25, -0.2) is 0 Å². The van der Waals surface area contributed by atoms with Crippen LogP contribution in [0.25, 0.3) is 0 Å². The van der Waals surface area contributed by atoms with Gasteiger partial charge in [-0.3, -0.25) is 19.9 Å². The van der Waals surface area contributed by atoms with Crippen molar-refractivity contribution >= 4 is 11.8 Å². The van der Waals surface area contributed by atoms with Gasteiger partial charge >= 0.3 is 0 Å². The maximum Gasteiger partial charge on any atom is 0.244 e. The first-order valence-electron chi connectivity index (χ1n) is 5.14. The van der Waals surface area contributed by atoms with Gasteiger partial charge in [0.15, 0.2) is 0 Å². The largest absolute Gasteiger partial charge is 0.301 e. The molecule has 1 atom stereocenters. The summed E-state index contributed by atoms with van der Waals surface area (Å²) in [5.74, 6) is -0.463. The maximum absolute atomic E-state index is 11.2. The first-order valence-corrected chi connectivity index (χ1v) is 5.14. The van der Waals surface area contributed by atoms with Gasteiger partial charge in [0.25, 0.3) is 0 Å². The Kier molecular flexibility index (Phi) is 2.96. The lowest BCUT2D eigenvalue weighted by Gasteiger charge is -2.08. The van der Waals surface area contributed by atoms with E-state index in [1.54, 1.807) is 6.20 Å². The third-order valence-corrected chi connectivity index (χ3v) is 2.49. The van der Waals surface area contributed by atoms with Crippen molar-refractivity contribution in [1.82, 2.24) is 15.6 Å². The molecule has 5 nitrogen and oxygen atoms in total. The molecule has 1 fully saturated rings. The SMILES string of the molecule is Cc1ccc(CNC2CC(=O)NC2=O)cn1. The highest BCUT2D eigenvalue weighted by Gasteiger charge is 2.29. The molecule has 0 saturated carbocycles. The second kappa shape index (κ2) is 4.40. The average molecular weight is 219 g/mol. The number of carbonyl (C=O) groups is 2. The Bertz CT molecular complexity index is 414. The number of hydrogen-bond acceptors (Lipinski definition) is 4. The molecule has 2 N–H and O–H groups in total. The van der Waals surface area contributed by atoms with E-state index in [-0.39, 0.29) is 18.2 Å². The number of carbonyl (C=O) groups excluding carboxylic acids is 2. The van der Waals surface area contributed by atoms with E-state index >= 15 is 0 Å². The van der Waals surface area contributed by atoms with Gasteiger partial charge in [0.2, 0.25) is 11.8 Å². The molecular weight excluding hydrogens is 206 g/mol. The number of aryl methyl sites for hydroxylation is 1. The number of imide groups is 1. The Hall–Kier alpha value is -1.75. The molecular formula is C11H13N3O2. The molecule has 2 rings (SSSR count). The van der Waals surface area contributed by atoms with Gasteiger partial charge in [-0.2, -0.15) is 0 Å². The molecule has 0 aliphatic carbocycles. The number of nitrogens with zero attached hydrogens (tertiary/aromatic N) is 1. The molecule has 16 heavy (non-hydrogen) atoms. The van der Waals surface area contributed by atoms with Gasteiger partial charge in [-0.05, 0) is 18.6 Å². The van der Waals surface area contributed by atoms with Gasteiger partial charge in [0.05, 0.1) is 12.5 Å². The van der Waals surface area contributed by atoms with Crippen LogP contribution in [0.3, 0.4) is 0 Å². The van der Waals surface area contributed by atoms with E-state index in [0.717, 1.165) is 11.3 Å². The van der Waals surface area contributed by atoms with Crippen molar-refractivity contribution in [3.8, 4) is 0 Å². The number of hydrogen-bond donors (Lipinski definition) is 2. The van der Waals surface area contributed by atoms with Gasteiger partial charge < -0.3 is 5.32 Å². The average Bonchev–Trinajstić information content (AvgIpc) is 2.57. The molecule has 0 spiro atoms. The van der Waals surface area contributed by atoms with Crippen molar-refractivity contribution in [2.45, 2.75) is 25.9 Å². The first-order chi connectivity index (χ1) is 7.65. The van der Waals surface area contributed by atoms with E-state index in [1.807, 2.05) is 19.1 Å². The smallest absolute Gasteiger partial charge is 0.244 e. The molecule has 1 aromatic heterocycles. The summed E-state index contributed by atoms with van der Waals surface area (Å²) < 4.78 is 0. The third kappa shape index (κ3) is 2.43. The van der Waals surface area contributed by atoms with E-state index in [4.69, 9.17) is 0 Å². The van der Waals surface area contributed by atoms with Crippen molar-refractivity contribution in [2.75, 3.05) is 0 Å². The predicted molar refractivity (Wildman–Crippen MR) is 57.4 cm³/mol. The van der Waals surface area contributed by atoms with Crippen molar-refractivity contribution in [3.63, 3.8) is 0 Å². The fraction of sp³-hybridized carbons (Fsp3) is 0.364. The van der Waals surface area contributed by atoms with Crippen LogP contribution in [0, 0.1) is 6.92 Å². The first kappa shape index (κ1) is 10.8. The lowest BCUT2D eigenvalue weighted by atomic mass is 10.2. The van der Waals surface area contributed by atoms with Gasteiger partial charge in [0, 0.05) is 18.4 Å². The summed E-state index contributed by atoms with van der Waals surface area (Å²) in [5.41, 5.74) is 1.95. The summed E-state index contributed by atoms with van der Waals surface area (Å²) in [4.78, 5) is 26.3. The van der Waals surface area contributed by atoms with E-state index in [2.05, 4.69) is 15.6 Å². The predicted octanol–water partition coefficient (Wildman–Crippen LogP) is -0.105. The highest BCUT2D eigenvalue weighted by molar-refractivity contribution is 6.05. The van der Waals surface area contributed by atoms with E-state index in [1.165, 1.54) is 0 Å². The second-order valence-electron chi connectivity index (χ2n) is 3.86. The molecule has 1 saturated heterocycles. The zero-order chi connectivity index (χ0) is 11.5. The molecule has 84 valence electrons. The zero-order valence-electron chi connectivity index (χ0n) is 8.99. The minimum Gasteiger partial charge on any atom is -0.301 e. The van der Waals surface area contributed by atoms with E-state index < -0.39 is 6.04 Å². The Balaban J connectivity index is 1.90. The van der Waals surface area contributed by atoms with Crippen LogP contribution in [0.1, 0.15) is 17.7 Å². The summed E-state index contributed by atoms with van der Waals surface area (Å²) in [6, 6.07) is 3.45. The Morgan fingerprint density at radius 2 is 2.31 bits per heavy atom. The summed E-state index contributed by atoms with van der Waals surface area (Å²) in [6.45, 7) is 2.46. The molecule has 2 heterocycles. The normalized spacial score (nSPS) is 19.9. The molecule has 5 heteroatoms. The Morgan fingerprint density at radius 1 is 1.50 bits per heavy atom. The van der Waals surface area contributed by atoms with Crippen LogP contribution in [0.4, 0.5) is 0 Å². The van der Waals surface area contributed by atoms with Crippen molar-refractivity contribution in [2.24, 2.45) is 0 Å². The highest BCUT2D eigenvalue weighted by atomic mass is 16.2. The van der Waals surface area contributed by atoms with Crippen LogP contribution in [0.15, 0.2) is 18.3 Å². The summed E-state index contributed by atoms with van der Waals surface area (Å²) in [5, 5.41) is 5.28. The van der Waals surface area contributed by atoms with Crippen molar-refractivity contribution in [1.29, 1.82) is 0 Å². The lowest BCUT2D eigenvalue weighted by molar-refractivity contribution is -0.125. The van der Waals surface area contributed by atoms with Gasteiger partial charge in [0.1, 0.15) is 0 Å². The van der Waals surface area contributed by atoms with E-state index in [0.29, 0.717) is 6.54 Å². The summed E-state index contributed by atoms with van der Waals surface area (Å²) in [7, 11) is 0. The quantitative estimate of drug-likeness (QED) is 0.696. The number of aromatic nitrogens is 1. The van der Waals surface area contributed by atoms with Crippen LogP contribution in [-0.2, 0) is 16.1 Å². The monoisotopic (exact) mass is 219 g/mol. The van der Waals surface area contributed by atoms with E-state index in [9.17, 15) is 9.59 Å². The minimum absolute atomic E-state index is 0.218. The Morgan fingerprint density at radius 3 is 2.88 bits per heavy atom. The number of rotatable bonds is 3. The highest BCUT2D eigenvalue weighted by Crippen LogP contribution is 2.04. The second-order valence-corrected chi connectivity index (χ2v) is 3.86. The maximum atomic E-state index is 11.2. The fourth-order valence-corrected chi connectivity index (χ4v) is 1.56. The standard InChI is InChI=1S/C11H13N3O2/c1-7-2-3-8(5-12-7)6-13-9-4-10(15)14-11(9)16/h2-3,5,9,13H,4,6H2,1H3,(H,14,15,16). The van der Waals surface area contributed by atoms with Crippen LogP contribution in [0.5, 0.6) is 0 Å². The molecule has 0 radical (unpaired) electrons. The van der Waals surface area contributed by atoms with Gasteiger partial charge in [-0.15, -0.1) is 0 Å². The number of nitrogens with one attached hydrogen (secondary N) is 2. The van der Waals surface area contributed by atoms with Crippen LogP contribution in [0.2, 0.25) is 0 Å². The van der Waals surface area contributed by atoms with Gasteiger partial charge in [-0.1, -0.05) is 6.07 Å².